The van der Waals surface area contributed by atoms with Gasteiger partial charge in [-0.25, -0.2) is 0 Å². The van der Waals surface area contributed by atoms with E-state index in [1.807, 2.05) is 6.07 Å². The third-order valence-corrected chi connectivity index (χ3v) is 5.22. The Morgan fingerprint density at radius 3 is 2.57 bits per heavy atom. The highest BCUT2D eigenvalue weighted by atomic mass is 15.1. The first-order valence-corrected chi connectivity index (χ1v) is 10.9. The summed E-state index contributed by atoms with van der Waals surface area (Å²) in [5.41, 5.74) is 13.9. The molecule has 0 unspecified atom stereocenters. The molecule has 0 atom stereocenters. The van der Waals surface area contributed by atoms with Crippen LogP contribution in [0.25, 0.3) is 11.4 Å². The van der Waals surface area contributed by atoms with Crippen LogP contribution in [0.15, 0.2) is 66.4 Å². The molecule has 0 amide bonds. The number of nitrogens with zero attached hydrogens (tertiary/aromatic N) is 2. The molecule has 3 N–H and O–H groups in total. The third-order valence-electron chi connectivity index (χ3n) is 5.22. The number of hydrogen-bond acceptors (Lipinski definition) is 4. The minimum Gasteiger partial charge on any atom is -0.396 e. The molecule has 0 saturated carbocycles. The highest BCUT2D eigenvalue weighted by molar-refractivity contribution is 5.87. The smallest absolute Gasteiger partial charge is 0.0909 e. The van der Waals surface area contributed by atoms with Crippen LogP contribution in [0.4, 0.5) is 0 Å². The highest BCUT2D eigenvalue weighted by Gasteiger charge is 2.18. The topological polar surface area (TPSA) is 54.2 Å². The largest absolute Gasteiger partial charge is 0.396 e. The predicted molar refractivity (Wildman–Crippen MR) is 127 cm³/mol. The Bertz CT molecular complexity index is 936. The number of pyridine rings is 1. The number of rotatable bonds is 8. The molecule has 4 nitrogen and oxygen atoms in total. The zero-order valence-electron chi connectivity index (χ0n) is 18.7. The summed E-state index contributed by atoms with van der Waals surface area (Å²) in [5, 5.41) is 3.51. The van der Waals surface area contributed by atoms with E-state index in [0.717, 1.165) is 54.4 Å². The van der Waals surface area contributed by atoms with Gasteiger partial charge in [0.25, 0.3) is 0 Å². The lowest BCUT2D eigenvalue weighted by atomic mass is 10.0. The van der Waals surface area contributed by atoms with E-state index in [1.165, 1.54) is 11.1 Å². The van der Waals surface area contributed by atoms with Gasteiger partial charge in [-0.1, -0.05) is 62.7 Å². The standard InChI is InChI=1S/C26H34N4/c1-5-23-7-6-8-24(29-23)26(25(27)22-11-9-20(4)10-12-22)30-15-13-21(14-16-30)18-28-17-19(2)3/h6-15,19,28H,5,16-18,27H2,1-4H3/b26-25-. The molecule has 1 aromatic heterocycles. The van der Waals surface area contributed by atoms with Crippen LogP contribution >= 0.6 is 0 Å². The second-order valence-electron chi connectivity index (χ2n) is 8.27. The summed E-state index contributed by atoms with van der Waals surface area (Å²) in [6, 6.07) is 14.5. The van der Waals surface area contributed by atoms with Crippen LogP contribution in [0.3, 0.4) is 0 Å². The Hall–Kier alpha value is -2.85. The van der Waals surface area contributed by atoms with Gasteiger partial charge in [-0.3, -0.25) is 4.98 Å². The Labute approximate surface area is 181 Å². The van der Waals surface area contributed by atoms with Gasteiger partial charge in [-0.05, 0) is 55.2 Å². The van der Waals surface area contributed by atoms with Crippen molar-refractivity contribution >= 4 is 11.4 Å². The van der Waals surface area contributed by atoms with E-state index in [4.69, 9.17) is 10.7 Å². The molecule has 0 bridgehead atoms. The Morgan fingerprint density at radius 1 is 1.17 bits per heavy atom. The molecule has 2 aromatic rings. The first-order valence-electron chi connectivity index (χ1n) is 10.9. The molecule has 2 heterocycles. The maximum absolute atomic E-state index is 6.72. The number of nitrogens with two attached hydrogens (primary N) is 1. The first kappa shape index (κ1) is 21.8. The van der Waals surface area contributed by atoms with Crippen LogP contribution in [0.2, 0.25) is 0 Å². The minimum absolute atomic E-state index is 0.649. The van der Waals surface area contributed by atoms with Crippen LogP contribution in [0.5, 0.6) is 0 Å². The van der Waals surface area contributed by atoms with Gasteiger partial charge < -0.3 is 16.0 Å². The average molecular weight is 403 g/mol. The molecule has 1 aliphatic heterocycles. The molecule has 4 heteroatoms. The van der Waals surface area contributed by atoms with Gasteiger partial charge in [0, 0.05) is 25.0 Å². The Morgan fingerprint density at radius 2 is 1.93 bits per heavy atom. The van der Waals surface area contributed by atoms with Crippen LogP contribution in [-0.2, 0) is 6.42 Å². The van der Waals surface area contributed by atoms with Gasteiger partial charge in [-0.15, -0.1) is 0 Å². The lowest BCUT2D eigenvalue weighted by Gasteiger charge is -2.27. The van der Waals surface area contributed by atoms with Gasteiger partial charge in [0.15, 0.2) is 0 Å². The molecule has 0 fully saturated rings. The molecular weight excluding hydrogens is 368 g/mol. The molecule has 1 aliphatic rings. The van der Waals surface area contributed by atoms with Gasteiger partial charge >= 0.3 is 0 Å². The van der Waals surface area contributed by atoms with Crippen molar-refractivity contribution in [1.82, 2.24) is 15.2 Å². The van der Waals surface area contributed by atoms with Crippen LogP contribution < -0.4 is 11.1 Å². The van der Waals surface area contributed by atoms with E-state index in [0.29, 0.717) is 5.92 Å². The van der Waals surface area contributed by atoms with E-state index in [2.05, 4.69) is 92.7 Å². The van der Waals surface area contributed by atoms with E-state index < -0.39 is 0 Å². The number of aromatic nitrogens is 1. The third kappa shape index (κ3) is 5.61. The van der Waals surface area contributed by atoms with E-state index in [9.17, 15) is 0 Å². The van der Waals surface area contributed by atoms with Crippen molar-refractivity contribution in [2.45, 2.75) is 34.1 Å². The van der Waals surface area contributed by atoms with E-state index in [1.54, 1.807) is 0 Å². The van der Waals surface area contributed by atoms with Crippen molar-refractivity contribution in [3.8, 4) is 0 Å². The molecule has 30 heavy (non-hydrogen) atoms. The second-order valence-corrected chi connectivity index (χ2v) is 8.27. The fourth-order valence-electron chi connectivity index (χ4n) is 3.45. The summed E-state index contributed by atoms with van der Waals surface area (Å²) in [5.74, 6) is 0.649. The fourth-order valence-corrected chi connectivity index (χ4v) is 3.45. The average Bonchev–Trinajstić information content (AvgIpc) is 2.75. The number of benzene rings is 1. The molecule has 0 spiro atoms. The Balaban J connectivity index is 1.91. The molecule has 1 aromatic carbocycles. The highest BCUT2D eigenvalue weighted by Crippen LogP contribution is 2.28. The second kappa shape index (κ2) is 10.3. The quantitative estimate of drug-likeness (QED) is 0.670. The first-order chi connectivity index (χ1) is 14.5. The van der Waals surface area contributed by atoms with Crippen molar-refractivity contribution in [2.75, 3.05) is 19.6 Å². The molecule has 158 valence electrons. The summed E-state index contributed by atoms with van der Waals surface area (Å²) in [6.45, 7) is 11.3. The SMILES string of the molecule is CCc1cccc(/C(=C(/N)c2ccc(C)cc2)N2C=CC(CNCC(C)C)=CC2)n1. The number of nitrogens with one attached hydrogen (secondary N) is 1. The van der Waals surface area contributed by atoms with Crippen molar-refractivity contribution in [2.24, 2.45) is 11.7 Å². The van der Waals surface area contributed by atoms with E-state index in [-0.39, 0.29) is 0 Å². The van der Waals surface area contributed by atoms with Gasteiger partial charge in [0.1, 0.15) is 0 Å². The van der Waals surface area contributed by atoms with Crippen LogP contribution in [0, 0.1) is 12.8 Å². The minimum atomic E-state index is 0.649. The van der Waals surface area contributed by atoms with Gasteiger partial charge in [0.2, 0.25) is 0 Å². The fraction of sp³-hybridized carbons (Fsp3) is 0.346. The predicted octanol–water partition coefficient (Wildman–Crippen LogP) is 4.74. The molecule has 0 saturated heterocycles. The van der Waals surface area contributed by atoms with Gasteiger partial charge in [-0.2, -0.15) is 0 Å². The summed E-state index contributed by atoms with van der Waals surface area (Å²) in [7, 11) is 0. The summed E-state index contributed by atoms with van der Waals surface area (Å²) in [6.07, 6.45) is 7.46. The summed E-state index contributed by atoms with van der Waals surface area (Å²) in [4.78, 5) is 7.07. The van der Waals surface area contributed by atoms with E-state index >= 15 is 0 Å². The van der Waals surface area contributed by atoms with Crippen LogP contribution in [-0.4, -0.2) is 29.5 Å². The maximum atomic E-state index is 6.72. The normalized spacial score (nSPS) is 14.7. The van der Waals surface area contributed by atoms with Gasteiger partial charge in [0.05, 0.1) is 17.1 Å². The Kier molecular flexibility index (Phi) is 7.47. The van der Waals surface area contributed by atoms with Crippen molar-refractivity contribution in [1.29, 1.82) is 0 Å². The summed E-state index contributed by atoms with van der Waals surface area (Å²) < 4.78 is 0. The molecule has 0 aliphatic carbocycles. The van der Waals surface area contributed by atoms with Crippen molar-refractivity contribution in [3.05, 3.63) is 88.9 Å². The lowest BCUT2D eigenvalue weighted by Crippen LogP contribution is -2.26. The lowest BCUT2D eigenvalue weighted by molar-refractivity contribution is 0.559. The van der Waals surface area contributed by atoms with Crippen LogP contribution in [0.1, 0.15) is 43.3 Å². The maximum Gasteiger partial charge on any atom is 0.0909 e. The molecule has 0 radical (unpaired) electrons. The molecular formula is C26H34N4. The monoisotopic (exact) mass is 402 g/mol. The zero-order valence-corrected chi connectivity index (χ0v) is 18.7. The zero-order chi connectivity index (χ0) is 21.5. The summed E-state index contributed by atoms with van der Waals surface area (Å²) >= 11 is 0. The van der Waals surface area contributed by atoms with Crippen molar-refractivity contribution < 1.29 is 0 Å². The van der Waals surface area contributed by atoms with Crippen molar-refractivity contribution in [3.63, 3.8) is 0 Å². The number of aryl methyl sites for hydroxylation is 2. The molecule has 3 rings (SSSR count). The number of hydrogen-bond donors (Lipinski definition) is 2.